The fourth-order valence-corrected chi connectivity index (χ4v) is 2.98. The zero-order chi connectivity index (χ0) is 15.3. The third kappa shape index (κ3) is 1.88. The summed E-state index contributed by atoms with van der Waals surface area (Å²) in [6, 6.07) is 2.30. The molecule has 0 atom stereocenters. The molecule has 0 saturated heterocycles. The molecular formula is C15H13F2N3O2. The molecule has 114 valence electrons. The van der Waals surface area contributed by atoms with Crippen molar-refractivity contribution in [3.63, 3.8) is 0 Å². The monoisotopic (exact) mass is 305 g/mol. The average Bonchev–Trinajstić information content (AvgIpc) is 2.97. The minimum Gasteiger partial charge on any atom is -0.420 e. The maximum Gasteiger partial charge on any atom is 0.334 e. The Labute approximate surface area is 123 Å². The number of benzene rings is 1. The van der Waals surface area contributed by atoms with E-state index in [2.05, 4.69) is 9.97 Å². The molecule has 1 aliphatic carbocycles. The van der Waals surface area contributed by atoms with Gasteiger partial charge in [-0.25, -0.2) is 13.8 Å². The second kappa shape index (κ2) is 4.79. The fraction of sp³-hybridized carbons (Fsp3) is 0.333. The van der Waals surface area contributed by atoms with Gasteiger partial charge < -0.3 is 9.40 Å². The molecule has 0 unspecified atom stereocenters. The molecule has 2 heterocycles. The molecule has 7 heteroatoms. The maximum atomic E-state index is 13.8. The Morgan fingerprint density at radius 1 is 1.18 bits per heavy atom. The van der Waals surface area contributed by atoms with Crippen molar-refractivity contribution in [2.75, 3.05) is 0 Å². The van der Waals surface area contributed by atoms with E-state index < -0.39 is 11.6 Å². The van der Waals surface area contributed by atoms with Crippen molar-refractivity contribution < 1.29 is 13.2 Å². The van der Waals surface area contributed by atoms with Crippen LogP contribution < -0.4 is 5.69 Å². The first-order valence-electron chi connectivity index (χ1n) is 7.23. The highest BCUT2D eigenvalue weighted by molar-refractivity contribution is 5.74. The Balaban J connectivity index is 1.94. The Hall–Kier alpha value is -2.44. The third-order valence-corrected chi connectivity index (χ3v) is 4.05. The van der Waals surface area contributed by atoms with Crippen molar-refractivity contribution >= 4 is 11.1 Å². The smallest absolute Gasteiger partial charge is 0.334 e. The van der Waals surface area contributed by atoms with E-state index in [0.717, 1.165) is 49.6 Å². The molecule has 3 aromatic rings. The molecule has 2 aromatic heterocycles. The van der Waals surface area contributed by atoms with Crippen LogP contribution in [-0.2, 0) is 12.8 Å². The van der Waals surface area contributed by atoms with Gasteiger partial charge in [-0.1, -0.05) is 6.42 Å². The molecule has 0 aliphatic heterocycles. The van der Waals surface area contributed by atoms with Gasteiger partial charge >= 0.3 is 11.7 Å². The first-order chi connectivity index (χ1) is 10.6. The first-order valence-corrected chi connectivity index (χ1v) is 7.23. The van der Waals surface area contributed by atoms with Gasteiger partial charge in [-0.3, -0.25) is 0 Å². The summed E-state index contributed by atoms with van der Waals surface area (Å²) in [7, 11) is 0. The van der Waals surface area contributed by atoms with E-state index in [9.17, 15) is 13.6 Å². The molecule has 0 spiro atoms. The Morgan fingerprint density at radius 2 is 2.00 bits per heavy atom. The van der Waals surface area contributed by atoms with Gasteiger partial charge in [0.15, 0.2) is 11.4 Å². The molecule has 0 amide bonds. The minimum atomic E-state index is -1.09. The van der Waals surface area contributed by atoms with E-state index in [4.69, 9.17) is 4.42 Å². The van der Waals surface area contributed by atoms with Crippen molar-refractivity contribution in [1.82, 2.24) is 14.5 Å². The van der Waals surface area contributed by atoms with Crippen LogP contribution in [0.25, 0.3) is 17.1 Å². The van der Waals surface area contributed by atoms with Crippen LogP contribution in [0.4, 0.5) is 8.78 Å². The van der Waals surface area contributed by atoms with Gasteiger partial charge in [0, 0.05) is 5.69 Å². The van der Waals surface area contributed by atoms with Crippen LogP contribution in [0.3, 0.4) is 0 Å². The second-order valence-corrected chi connectivity index (χ2v) is 5.46. The van der Waals surface area contributed by atoms with E-state index >= 15 is 0 Å². The molecule has 22 heavy (non-hydrogen) atoms. The third-order valence-electron chi connectivity index (χ3n) is 4.05. The summed E-state index contributed by atoms with van der Waals surface area (Å²) in [5.74, 6) is -2.10. The number of aromatic amines is 1. The van der Waals surface area contributed by atoms with Gasteiger partial charge in [-0.15, -0.1) is 0 Å². The van der Waals surface area contributed by atoms with Crippen molar-refractivity contribution in [1.29, 1.82) is 0 Å². The summed E-state index contributed by atoms with van der Waals surface area (Å²) in [6.07, 6.45) is 4.59. The Kier molecular flexibility index (Phi) is 2.88. The number of H-pyrrole nitrogens is 1. The summed E-state index contributed by atoms with van der Waals surface area (Å²) in [5.41, 5.74) is 1.24. The highest BCUT2D eigenvalue weighted by Crippen LogP contribution is 2.25. The minimum absolute atomic E-state index is 0.0242. The lowest BCUT2D eigenvalue weighted by molar-refractivity contribution is 0.482. The molecule has 5 nitrogen and oxygen atoms in total. The largest absolute Gasteiger partial charge is 0.420 e. The lowest BCUT2D eigenvalue weighted by atomic mass is 10.2. The maximum absolute atomic E-state index is 13.8. The van der Waals surface area contributed by atoms with E-state index in [-0.39, 0.29) is 22.8 Å². The second-order valence-electron chi connectivity index (χ2n) is 5.46. The number of fused-ring (bicyclic) bond motifs is 2. The number of aromatic nitrogens is 3. The van der Waals surface area contributed by atoms with Gasteiger partial charge in [0.2, 0.25) is 5.82 Å². The number of nitrogens with zero attached hydrogens (tertiary/aromatic N) is 2. The van der Waals surface area contributed by atoms with E-state index in [1.54, 1.807) is 0 Å². The summed E-state index contributed by atoms with van der Waals surface area (Å²) in [5, 5.41) is 0. The number of hydrogen-bond donors (Lipinski definition) is 1. The van der Waals surface area contributed by atoms with Crippen molar-refractivity contribution in [3.8, 4) is 6.01 Å². The molecule has 1 aromatic carbocycles. The van der Waals surface area contributed by atoms with Crippen LogP contribution in [0.15, 0.2) is 21.3 Å². The molecule has 1 N–H and O–H groups in total. The van der Waals surface area contributed by atoms with E-state index in [0.29, 0.717) is 0 Å². The topological polar surface area (TPSA) is 63.8 Å². The van der Waals surface area contributed by atoms with Gasteiger partial charge in [-0.05, 0) is 37.8 Å². The summed E-state index contributed by atoms with van der Waals surface area (Å²) in [6.45, 7) is 0. The van der Waals surface area contributed by atoms with Crippen LogP contribution in [0.1, 0.15) is 30.7 Å². The highest BCUT2D eigenvalue weighted by atomic mass is 19.2. The molecule has 0 saturated carbocycles. The zero-order valence-corrected chi connectivity index (χ0v) is 11.7. The van der Waals surface area contributed by atoms with E-state index in [1.807, 2.05) is 0 Å². The summed E-state index contributed by atoms with van der Waals surface area (Å²) in [4.78, 5) is 19.1. The normalized spacial score (nSPS) is 15.0. The van der Waals surface area contributed by atoms with Crippen LogP contribution >= 0.6 is 0 Å². The van der Waals surface area contributed by atoms with Crippen LogP contribution in [0.5, 0.6) is 0 Å². The standard InChI is InChI=1S/C15H13F2N3O2/c16-8-6-7-10-13(12(8)17)22-15(19-10)20-11-5-3-1-2-4-9(11)18-14(20)21/h6-7H,1-5H2,(H,18,21). The molecular weight excluding hydrogens is 292 g/mol. The molecule has 4 rings (SSSR count). The highest BCUT2D eigenvalue weighted by Gasteiger charge is 2.22. The number of rotatable bonds is 1. The fourth-order valence-electron chi connectivity index (χ4n) is 2.98. The van der Waals surface area contributed by atoms with Crippen molar-refractivity contribution in [2.24, 2.45) is 0 Å². The Bertz CT molecular complexity index is 923. The predicted molar refractivity (Wildman–Crippen MR) is 75.1 cm³/mol. The van der Waals surface area contributed by atoms with Gasteiger partial charge in [0.05, 0.1) is 5.69 Å². The van der Waals surface area contributed by atoms with Crippen molar-refractivity contribution in [3.05, 3.63) is 45.6 Å². The summed E-state index contributed by atoms with van der Waals surface area (Å²) < 4.78 is 33.7. The SMILES string of the molecule is O=c1[nH]c2c(n1-c1nc3ccc(F)c(F)c3o1)CCCCC2. The van der Waals surface area contributed by atoms with Crippen LogP contribution in [0.2, 0.25) is 0 Å². The zero-order valence-electron chi connectivity index (χ0n) is 11.7. The lowest BCUT2D eigenvalue weighted by Crippen LogP contribution is -2.17. The van der Waals surface area contributed by atoms with Crippen molar-refractivity contribution in [2.45, 2.75) is 32.1 Å². The van der Waals surface area contributed by atoms with Gasteiger partial charge in [0.25, 0.3) is 0 Å². The number of aryl methyl sites for hydroxylation is 1. The quantitative estimate of drug-likeness (QED) is 0.703. The molecule has 0 radical (unpaired) electrons. The first kappa shape index (κ1) is 13.2. The van der Waals surface area contributed by atoms with Crippen LogP contribution in [-0.4, -0.2) is 14.5 Å². The molecule has 0 bridgehead atoms. The molecule has 1 aliphatic rings. The number of oxazole rings is 1. The average molecular weight is 305 g/mol. The van der Waals surface area contributed by atoms with Gasteiger partial charge in [-0.2, -0.15) is 9.37 Å². The van der Waals surface area contributed by atoms with Crippen LogP contribution in [0, 0.1) is 11.6 Å². The predicted octanol–water partition coefficient (Wildman–Crippen LogP) is 2.85. The molecule has 0 fully saturated rings. The number of imidazole rings is 1. The number of nitrogens with one attached hydrogen (secondary N) is 1. The number of hydrogen-bond acceptors (Lipinski definition) is 3. The lowest BCUT2D eigenvalue weighted by Gasteiger charge is -2.02. The Morgan fingerprint density at radius 3 is 2.86 bits per heavy atom. The van der Waals surface area contributed by atoms with E-state index in [1.165, 1.54) is 10.6 Å². The summed E-state index contributed by atoms with van der Waals surface area (Å²) >= 11 is 0. The van der Waals surface area contributed by atoms with Gasteiger partial charge in [0.1, 0.15) is 5.52 Å². The number of halogens is 2.